The number of phenols is 1. The Balaban J connectivity index is 1.74. The van der Waals surface area contributed by atoms with Crippen LogP contribution in [0.5, 0.6) is 5.75 Å². The quantitative estimate of drug-likeness (QED) is 0.781. The number of carbonyl (C=O) groups is 3. The van der Waals surface area contributed by atoms with E-state index < -0.39 is 17.1 Å². The Morgan fingerprint density at radius 2 is 1.93 bits per heavy atom. The van der Waals surface area contributed by atoms with E-state index in [2.05, 4.69) is 5.32 Å². The van der Waals surface area contributed by atoms with Gasteiger partial charge >= 0.3 is 0 Å². The van der Waals surface area contributed by atoms with Crippen LogP contribution in [0.4, 0.5) is 16.2 Å². The number of rotatable bonds is 4. The maximum Gasteiger partial charge on any atom is 0.293 e. The first kappa shape index (κ1) is 19.0. The molecule has 1 heterocycles. The molecule has 27 heavy (non-hydrogen) atoms. The molecule has 0 spiro atoms. The molecule has 2 aromatic rings. The minimum absolute atomic E-state index is 0.0487. The van der Waals surface area contributed by atoms with Gasteiger partial charge < -0.3 is 10.4 Å². The minimum atomic E-state index is -0.788. The zero-order valence-electron chi connectivity index (χ0n) is 15.3. The Hall–Kier alpha value is -2.80. The molecule has 1 aliphatic heterocycles. The standard InChI is InChI=1S/C20H20N2O4S/c1-11-7-8-16(23)14(9-11)21-18(24)10-17-19(25)22(20(26)27-17)15-6-4-5-12(2)13(15)3/h4-9,17,23H,10H2,1-3H3,(H,21,24). The van der Waals surface area contributed by atoms with Gasteiger partial charge in [0, 0.05) is 6.42 Å². The first-order valence-corrected chi connectivity index (χ1v) is 9.36. The molecule has 140 valence electrons. The molecule has 0 aromatic heterocycles. The highest BCUT2D eigenvalue weighted by Gasteiger charge is 2.42. The van der Waals surface area contributed by atoms with Crippen LogP contribution in [-0.2, 0) is 9.59 Å². The molecule has 3 rings (SSSR count). The average molecular weight is 384 g/mol. The molecule has 0 bridgehead atoms. The van der Waals surface area contributed by atoms with Crippen LogP contribution in [0.15, 0.2) is 36.4 Å². The van der Waals surface area contributed by atoms with Gasteiger partial charge in [0.15, 0.2) is 0 Å². The second-order valence-electron chi connectivity index (χ2n) is 6.54. The third-order valence-corrected chi connectivity index (χ3v) is 5.57. The third kappa shape index (κ3) is 3.83. The fraction of sp³-hybridized carbons (Fsp3) is 0.250. The Kier molecular flexibility index (Phi) is 5.23. The Morgan fingerprint density at radius 3 is 2.67 bits per heavy atom. The zero-order valence-corrected chi connectivity index (χ0v) is 16.1. The van der Waals surface area contributed by atoms with Crippen molar-refractivity contribution in [2.45, 2.75) is 32.4 Å². The van der Waals surface area contributed by atoms with Crippen LogP contribution < -0.4 is 10.2 Å². The number of amides is 3. The van der Waals surface area contributed by atoms with Gasteiger partial charge in [-0.1, -0.05) is 18.2 Å². The highest BCUT2D eigenvalue weighted by atomic mass is 32.2. The minimum Gasteiger partial charge on any atom is -0.506 e. The van der Waals surface area contributed by atoms with Crippen molar-refractivity contribution in [1.82, 2.24) is 0 Å². The number of aryl methyl sites for hydroxylation is 2. The highest BCUT2D eigenvalue weighted by Crippen LogP contribution is 2.36. The fourth-order valence-electron chi connectivity index (χ4n) is 2.90. The van der Waals surface area contributed by atoms with Crippen LogP contribution >= 0.6 is 11.8 Å². The molecular formula is C20H20N2O4S. The number of hydrogen-bond acceptors (Lipinski definition) is 5. The number of hydrogen-bond donors (Lipinski definition) is 2. The maximum absolute atomic E-state index is 12.7. The van der Waals surface area contributed by atoms with Gasteiger partial charge in [-0.25, -0.2) is 4.90 Å². The van der Waals surface area contributed by atoms with E-state index in [4.69, 9.17) is 0 Å². The molecule has 0 saturated carbocycles. The first-order valence-electron chi connectivity index (χ1n) is 8.48. The van der Waals surface area contributed by atoms with Crippen molar-refractivity contribution in [1.29, 1.82) is 0 Å². The van der Waals surface area contributed by atoms with Crippen LogP contribution in [0.25, 0.3) is 0 Å². The fourth-order valence-corrected chi connectivity index (χ4v) is 3.88. The maximum atomic E-state index is 12.7. The molecule has 0 aliphatic carbocycles. The second kappa shape index (κ2) is 7.44. The molecule has 1 unspecified atom stereocenters. The third-order valence-electron chi connectivity index (χ3n) is 4.54. The van der Waals surface area contributed by atoms with Crippen LogP contribution in [0.2, 0.25) is 0 Å². The number of nitrogens with zero attached hydrogens (tertiary/aromatic N) is 1. The van der Waals surface area contributed by atoms with E-state index in [1.54, 1.807) is 24.3 Å². The van der Waals surface area contributed by atoms with Crippen molar-refractivity contribution in [3.05, 3.63) is 53.1 Å². The predicted octanol–water partition coefficient (Wildman–Crippen LogP) is 3.91. The summed E-state index contributed by atoms with van der Waals surface area (Å²) in [5.41, 5.74) is 3.55. The molecule has 7 heteroatoms. The lowest BCUT2D eigenvalue weighted by atomic mass is 10.1. The number of carbonyl (C=O) groups excluding carboxylic acids is 3. The number of phenolic OH excluding ortho intramolecular Hbond substituents is 1. The van der Waals surface area contributed by atoms with Crippen molar-refractivity contribution in [2.24, 2.45) is 0 Å². The number of anilines is 2. The molecular weight excluding hydrogens is 364 g/mol. The first-order chi connectivity index (χ1) is 12.8. The predicted molar refractivity (Wildman–Crippen MR) is 106 cm³/mol. The van der Waals surface area contributed by atoms with Gasteiger partial charge in [-0.15, -0.1) is 0 Å². The topological polar surface area (TPSA) is 86.7 Å². The second-order valence-corrected chi connectivity index (χ2v) is 7.69. The Bertz CT molecular complexity index is 942. The monoisotopic (exact) mass is 384 g/mol. The molecule has 1 atom stereocenters. The number of benzene rings is 2. The van der Waals surface area contributed by atoms with E-state index in [1.165, 1.54) is 6.07 Å². The summed E-state index contributed by atoms with van der Waals surface area (Å²) in [4.78, 5) is 38.6. The van der Waals surface area contributed by atoms with Crippen LogP contribution in [0.1, 0.15) is 23.1 Å². The van der Waals surface area contributed by atoms with E-state index in [0.29, 0.717) is 5.69 Å². The molecule has 2 aromatic carbocycles. The van der Waals surface area contributed by atoms with Gasteiger partial charge in [-0.05, 0) is 67.4 Å². The zero-order chi connectivity index (χ0) is 19.7. The van der Waals surface area contributed by atoms with Crippen LogP contribution in [-0.4, -0.2) is 27.4 Å². The molecule has 1 fully saturated rings. The van der Waals surface area contributed by atoms with E-state index in [1.807, 2.05) is 26.8 Å². The summed E-state index contributed by atoms with van der Waals surface area (Å²) < 4.78 is 0. The molecule has 0 radical (unpaired) electrons. The van der Waals surface area contributed by atoms with Crippen molar-refractivity contribution < 1.29 is 19.5 Å². The van der Waals surface area contributed by atoms with Crippen molar-refractivity contribution in [2.75, 3.05) is 10.2 Å². The van der Waals surface area contributed by atoms with E-state index in [9.17, 15) is 19.5 Å². The normalized spacial score (nSPS) is 16.7. The Labute approximate surface area is 161 Å². The number of thioether (sulfide) groups is 1. The summed E-state index contributed by atoms with van der Waals surface area (Å²) in [7, 11) is 0. The van der Waals surface area contributed by atoms with Gasteiger partial charge in [0.25, 0.3) is 5.24 Å². The summed E-state index contributed by atoms with van der Waals surface area (Å²) in [5.74, 6) is -0.882. The molecule has 1 saturated heterocycles. The molecule has 2 N–H and O–H groups in total. The highest BCUT2D eigenvalue weighted by molar-refractivity contribution is 8.15. The summed E-state index contributed by atoms with van der Waals surface area (Å²) in [6.07, 6.45) is -0.149. The van der Waals surface area contributed by atoms with Crippen LogP contribution in [0, 0.1) is 20.8 Å². The van der Waals surface area contributed by atoms with Crippen molar-refractivity contribution in [3.63, 3.8) is 0 Å². The largest absolute Gasteiger partial charge is 0.506 e. The number of imide groups is 1. The van der Waals surface area contributed by atoms with Gasteiger partial charge in [0.2, 0.25) is 11.8 Å². The molecule has 6 nitrogen and oxygen atoms in total. The smallest absolute Gasteiger partial charge is 0.293 e. The summed E-state index contributed by atoms with van der Waals surface area (Å²) >= 11 is 0.852. The van der Waals surface area contributed by atoms with E-state index >= 15 is 0 Å². The van der Waals surface area contributed by atoms with E-state index in [-0.39, 0.29) is 23.1 Å². The van der Waals surface area contributed by atoms with Gasteiger partial charge in [0.05, 0.1) is 11.4 Å². The number of aromatic hydroxyl groups is 1. The Morgan fingerprint density at radius 1 is 1.19 bits per heavy atom. The number of nitrogens with one attached hydrogen (secondary N) is 1. The molecule has 3 amide bonds. The SMILES string of the molecule is Cc1ccc(O)c(NC(=O)CC2SC(=O)N(c3cccc(C)c3C)C2=O)c1. The lowest BCUT2D eigenvalue weighted by molar-refractivity contribution is -0.121. The average Bonchev–Trinajstić information content (AvgIpc) is 2.87. The summed E-state index contributed by atoms with van der Waals surface area (Å²) in [6.45, 7) is 5.61. The van der Waals surface area contributed by atoms with E-state index in [0.717, 1.165) is 33.4 Å². The van der Waals surface area contributed by atoms with Crippen molar-refractivity contribution >= 4 is 40.2 Å². The lowest BCUT2D eigenvalue weighted by Gasteiger charge is -2.17. The lowest BCUT2D eigenvalue weighted by Crippen LogP contribution is -2.33. The van der Waals surface area contributed by atoms with Gasteiger partial charge in [-0.2, -0.15) is 0 Å². The van der Waals surface area contributed by atoms with Crippen LogP contribution in [0.3, 0.4) is 0 Å². The summed E-state index contributed by atoms with van der Waals surface area (Å²) in [5, 5.41) is 11.3. The van der Waals surface area contributed by atoms with Gasteiger partial charge in [-0.3, -0.25) is 14.4 Å². The van der Waals surface area contributed by atoms with Crippen molar-refractivity contribution in [3.8, 4) is 5.75 Å². The summed E-state index contributed by atoms with van der Waals surface area (Å²) in [6, 6.07) is 10.3. The van der Waals surface area contributed by atoms with Gasteiger partial charge in [0.1, 0.15) is 11.0 Å². The molecule has 1 aliphatic rings.